The van der Waals surface area contributed by atoms with Crippen LogP contribution in [0.5, 0.6) is 5.75 Å². The number of hydrogen-bond acceptors (Lipinski definition) is 5. The highest BCUT2D eigenvalue weighted by Crippen LogP contribution is 2.28. The molecule has 0 spiro atoms. The van der Waals surface area contributed by atoms with Crippen LogP contribution in [0.25, 0.3) is 0 Å². The van der Waals surface area contributed by atoms with Crippen LogP contribution in [0.4, 0.5) is 0 Å². The number of ether oxygens (including phenoxy) is 1. The summed E-state index contributed by atoms with van der Waals surface area (Å²) >= 11 is 0. The maximum absolute atomic E-state index is 12.2. The molecule has 1 aromatic carbocycles. The molecule has 0 radical (unpaired) electrons. The number of fused-ring (bicyclic) bond motifs is 1. The average molecular weight is 287 g/mol. The summed E-state index contributed by atoms with van der Waals surface area (Å²) in [5.41, 5.74) is 2.43. The zero-order chi connectivity index (χ0) is 14.8. The van der Waals surface area contributed by atoms with Gasteiger partial charge in [-0.2, -0.15) is 0 Å². The molecule has 6 nitrogen and oxygen atoms in total. The van der Waals surface area contributed by atoms with Crippen molar-refractivity contribution in [3.05, 3.63) is 41.2 Å². The van der Waals surface area contributed by atoms with Gasteiger partial charge in [0.15, 0.2) is 0 Å². The molecular weight excluding hydrogens is 270 g/mol. The summed E-state index contributed by atoms with van der Waals surface area (Å²) in [4.78, 5) is 13.9. The molecular formula is C15H17N3O3. The predicted octanol–water partition coefficient (Wildman–Crippen LogP) is 1.38. The SMILES string of the molecule is Cc1nonc1CC(=O)N(C)C[C@@H]1Cc2ccccc2O1. The van der Waals surface area contributed by atoms with E-state index in [4.69, 9.17) is 4.74 Å². The van der Waals surface area contributed by atoms with Gasteiger partial charge in [-0.15, -0.1) is 0 Å². The molecule has 1 aliphatic heterocycles. The summed E-state index contributed by atoms with van der Waals surface area (Å²) in [6, 6.07) is 7.97. The van der Waals surface area contributed by atoms with Crippen molar-refractivity contribution in [1.82, 2.24) is 15.2 Å². The zero-order valence-corrected chi connectivity index (χ0v) is 12.1. The van der Waals surface area contributed by atoms with Gasteiger partial charge in [-0.05, 0) is 18.6 Å². The van der Waals surface area contributed by atoms with Crippen LogP contribution in [0, 0.1) is 6.92 Å². The number of carbonyl (C=O) groups is 1. The van der Waals surface area contributed by atoms with Crippen LogP contribution in [0.1, 0.15) is 17.0 Å². The van der Waals surface area contributed by atoms with Crippen molar-refractivity contribution in [3.63, 3.8) is 0 Å². The Morgan fingerprint density at radius 2 is 2.19 bits per heavy atom. The highest BCUT2D eigenvalue weighted by molar-refractivity contribution is 5.78. The Labute approximate surface area is 122 Å². The van der Waals surface area contributed by atoms with Gasteiger partial charge >= 0.3 is 0 Å². The predicted molar refractivity (Wildman–Crippen MR) is 74.9 cm³/mol. The van der Waals surface area contributed by atoms with Crippen molar-refractivity contribution in [1.29, 1.82) is 0 Å². The van der Waals surface area contributed by atoms with Gasteiger partial charge in [-0.25, -0.2) is 4.63 Å². The van der Waals surface area contributed by atoms with Gasteiger partial charge in [0.05, 0.1) is 13.0 Å². The fourth-order valence-corrected chi connectivity index (χ4v) is 2.45. The van der Waals surface area contributed by atoms with Gasteiger partial charge in [0.1, 0.15) is 23.2 Å². The molecule has 2 heterocycles. The molecule has 1 aromatic heterocycles. The third-order valence-electron chi connectivity index (χ3n) is 3.68. The standard InChI is InChI=1S/C15H17N3O3/c1-10-13(17-21-16-10)8-15(19)18(2)9-12-7-11-5-3-4-6-14(11)20-12/h3-6,12H,7-9H2,1-2H3/t12-/m0/s1. The Hall–Kier alpha value is -2.37. The first-order valence-corrected chi connectivity index (χ1v) is 6.90. The second-order valence-corrected chi connectivity index (χ2v) is 5.30. The Morgan fingerprint density at radius 3 is 2.90 bits per heavy atom. The van der Waals surface area contributed by atoms with Crippen LogP contribution in [-0.4, -0.2) is 40.8 Å². The number of rotatable bonds is 4. The Morgan fingerprint density at radius 1 is 1.38 bits per heavy atom. The molecule has 0 unspecified atom stereocenters. The first-order chi connectivity index (χ1) is 10.1. The summed E-state index contributed by atoms with van der Waals surface area (Å²) in [7, 11) is 1.78. The van der Waals surface area contributed by atoms with Crippen molar-refractivity contribution in [2.24, 2.45) is 0 Å². The maximum Gasteiger partial charge on any atom is 0.228 e. The number of benzene rings is 1. The normalized spacial score (nSPS) is 16.4. The van der Waals surface area contributed by atoms with Gasteiger partial charge in [0.2, 0.25) is 5.91 Å². The van der Waals surface area contributed by atoms with E-state index in [2.05, 4.69) is 21.0 Å². The van der Waals surface area contributed by atoms with Crippen molar-refractivity contribution in [2.45, 2.75) is 25.9 Å². The lowest BCUT2D eigenvalue weighted by atomic mass is 10.1. The maximum atomic E-state index is 12.2. The number of carbonyl (C=O) groups excluding carboxylic acids is 1. The van der Waals surface area contributed by atoms with E-state index in [1.54, 1.807) is 18.9 Å². The molecule has 0 saturated heterocycles. The minimum atomic E-state index is -0.0200. The fourth-order valence-electron chi connectivity index (χ4n) is 2.45. The summed E-state index contributed by atoms with van der Waals surface area (Å²) in [5.74, 6) is 0.897. The third-order valence-corrected chi connectivity index (χ3v) is 3.68. The summed E-state index contributed by atoms with van der Waals surface area (Å²) < 4.78 is 10.5. The minimum absolute atomic E-state index is 0.00730. The van der Waals surface area contributed by atoms with Crippen molar-refractivity contribution >= 4 is 5.91 Å². The quantitative estimate of drug-likeness (QED) is 0.850. The molecule has 1 amide bonds. The monoisotopic (exact) mass is 287 g/mol. The van der Waals surface area contributed by atoms with E-state index in [1.165, 1.54) is 5.56 Å². The number of aromatic nitrogens is 2. The number of nitrogens with zero attached hydrogens (tertiary/aromatic N) is 3. The van der Waals surface area contributed by atoms with Crippen molar-refractivity contribution in [3.8, 4) is 5.75 Å². The topological polar surface area (TPSA) is 68.5 Å². The van der Waals surface area contributed by atoms with E-state index in [0.717, 1.165) is 12.2 Å². The van der Waals surface area contributed by atoms with E-state index in [1.807, 2.05) is 18.2 Å². The zero-order valence-electron chi connectivity index (χ0n) is 12.1. The smallest absolute Gasteiger partial charge is 0.228 e. The number of amides is 1. The largest absolute Gasteiger partial charge is 0.488 e. The van der Waals surface area contributed by atoms with E-state index in [9.17, 15) is 4.79 Å². The summed E-state index contributed by atoms with van der Waals surface area (Å²) in [5, 5.41) is 7.42. The number of aryl methyl sites for hydroxylation is 1. The molecule has 1 aliphatic rings. The summed E-state index contributed by atoms with van der Waals surface area (Å²) in [6.45, 7) is 2.33. The van der Waals surface area contributed by atoms with E-state index >= 15 is 0 Å². The molecule has 0 N–H and O–H groups in total. The van der Waals surface area contributed by atoms with Crippen LogP contribution in [0.2, 0.25) is 0 Å². The molecule has 2 aromatic rings. The number of hydrogen-bond donors (Lipinski definition) is 0. The van der Waals surface area contributed by atoms with Crippen LogP contribution in [0.3, 0.4) is 0 Å². The van der Waals surface area contributed by atoms with Gasteiger partial charge in [-0.3, -0.25) is 4.79 Å². The first kappa shape index (κ1) is 13.6. The second kappa shape index (κ2) is 5.55. The van der Waals surface area contributed by atoms with Crippen LogP contribution >= 0.6 is 0 Å². The molecule has 0 aliphatic carbocycles. The highest BCUT2D eigenvalue weighted by atomic mass is 16.6. The van der Waals surface area contributed by atoms with Gasteiger partial charge in [0.25, 0.3) is 0 Å². The lowest BCUT2D eigenvalue weighted by molar-refractivity contribution is -0.130. The van der Waals surface area contributed by atoms with Gasteiger partial charge in [0, 0.05) is 13.5 Å². The molecule has 0 fully saturated rings. The average Bonchev–Trinajstić information content (AvgIpc) is 3.04. The van der Waals surface area contributed by atoms with Gasteiger partial charge < -0.3 is 9.64 Å². The lowest BCUT2D eigenvalue weighted by Gasteiger charge is -2.20. The Balaban J connectivity index is 1.56. The fraction of sp³-hybridized carbons (Fsp3) is 0.400. The summed E-state index contributed by atoms with van der Waals surface area (Å²) in [6.07, 6.45) is 1.04. The Kier molecular flexibility index (Phi) is 3.60. The first-order valence-electron chi connectivity index (χ1n) is 6.90. The molecule has 110 valence electrons. The lowest BCUT2D eigenvalue weighted by Crippen LogP contribution is -2.37. The molecule has 3 rings (SSSR count). The second-order valence-electron chi connectivity index (χ2n) is 5.30. The van der Waals surface area contributed by atoms with Crippen LogP contribution in [0.15, 0.2) is 28.9 Å². The molecule has 6 heteroatoms. The Bertz CT molecular complexity index is 628. The van der Waals surface area contributed by atoms with E-state index < -0.39 is 0 Å². The molecule has 1 atom stereocenters. The molecule has 0 bridgehead atoms. The van der Waals surface area contributed by atoms with E-state index in [-0.39, 0.29) is 18.4 Å². The third kappa shape index (κ3) is 2.89. The van der Waals surface area contributed by atoms with E-state index in [0.29, 0.717) is 17.9 Å². The van der Waals surface area contributed by atoms with Crippen LogP contribution in [-0.2, 0) is 17.6 Å². The van der Waals surface area contributed by atoms with Crippen molar-refractivity contribution < 1.29 is 14.2 Å². The van der Waals surface area contributed by atoms with Gasteiger partial charge in [-0.1, -0.05) is 28.5 Å². The minimum Gasteiger partial charge on any atom is -0.488 e. The highest BCUT2D eigenvalue weighted by Gasteiger charge is 2.25. The van der Waals surface area contributed by atoms with Crippen molar-refractivity contribution in [2.75, 3.05) is 13.6 Å². The molecule has 0 saturated carbocycles. The van der Waals surface area contributed by atoms with Crippen LogP contribution < -0.4 is 4.74 Å². The number of likely N-dealkylation sites (N-methyl/N-ethyl adjacent to an activating group) is 1. The number of para-hydroxylation sites is 1. The molecule has 21 heavy (non-hydrogen) atoms.